The van der Waals surface area contributed by atoms with Crippen molar-refractivity contribution in [1.82, 2.24) is 10.6 Å². The summed E-state index contributed by atoms with van der Waals surface area (Å²) in [7, 11) is 0. The number of benzene rings is 1. The van der Waals surface area contributed by atoms with Gasteiger partial charge in [-0.1, -0.05) is 30.3 Å². The van der Waals surface area contributed by atoms with Crippen molar-refractivity contribution in [2.24, 2.45) is 10.9 Å². The van der Waals surface area contributed by atoms with Crippen LogP contribution in [0.15, 0.2) is 29.4 Å². The molecule has 0 atom stereocenters. The van der Waals surface area contributed by atoms with E-state index >= 15 is 0 Å². The molecule has 0 unspecified atom stereocenters. The number of nitrogens with zero attached hydrogens (tertiary/aromatic N) is 1. The third-order valence-electron chi connectivity index (χ3n) is 2.32. The van der Waals surface area contributed by atoms with Crippen LogP contribution in [0.2, 0.25) is 0 Å². The van der Waals surface area contributed by atoms with Crippen LogP contribution in [-0.2, 0) is 6.54 Å². The van der Waals surface area contributed by atoms with E-state index in [0.29, 0.717) is 18.7 Å². The molecule has 0 aliphatic rings. The van der Waals surface area contributed by atoms with Gasteiger partial charge in [-0.25, -0.2) is 4.79 Å². The average Bonchev–Trinajstić information content (AvgIpc) is 2.42. The summed E-state index contributed by atoms with van der Waals surface area (Å²) in [5, 5.41) is 16.9. The second-order valence-electron chi connectivity index (χ2n) is 3.80. The number of nitrogens with two attached hydrogens (primary N) is 1. The molecule has 1 rings (SSSR count). The van der Waals surface area contributed by atoms with E-state index in [1.807, 2.05) is 13.0 Å². The van der Waals surface area contributed by atoms with Gasteiger partial charge in [-0.2, -0.15) is 0 Å². The molecule has 6 nitrogen and oxygen atoms in total. The summed E-state index contributed by atoms with van der Waals surface area (Å²) >= 11 is 0. The first-order valence-corrected chi connectivity index (χ1v) is 5.76. The zero-order valence-corrected chi connectivity index (χ0v) is 10.3. The lowest BCUT2D eigenvalue weighted by Crippen LogP contribution is -2.35. The van der Waals surface area contributed by atoms with E-state index < -0.39 is 0 Å². The second kappa shape index (κ2) is 7.16. The van der Waals surface area contributed by atoms with Crippen LogP contribution in [0.4, 0.5) is 4.79 Å². The van der Waals surface area contributed by atoms with Crippen molar-refractivity contribution >= 4 is 11.9 Å². The lowest BCUT2D eigenvalue weighted by Gasteiger charge is -2.07. The molecule has 18 heavy (non-hydrogen) atoms. The lowest BCUT2D eigenvalue weighted by molar-refractivity contribution is 0.240. The Kier molecular flexibility index (Phi) is 5.50. The van der Waals surface area contributed by atoms with Crippen molar-refractivity contribution in [2.45, 2.75) is 19.9 Å². The number of amides is 2. The molecule has 0 aliphatic carbocycles. The summed E-state index contributed by atoms with van der Waals surface area (Å²) in [6, 6.07) is 6.93. The van der Waals surface area contributed by atoms with Crippen LogP contribution in [0.3, 0.4) is 0 Å². The Morgan fingerprint density at radius 1 is 1.44 bits per heavy atom. The van der Waals surface area contributed by atoms with Gasteiger partial charge in [0.1, 0.15) is 0 Å². The highest BCUT2D eigenvalue weighted by atomic mass is 16.4. The van der Waals surface area contributed by atoms with Crippen molar-refractivity contribution in [3.63, 3.8) is 0 Å². The van der Waals surface area contributed by atoms with Gasteiger partial charge in [-0.3, -0.25) is 0 Å². The normalized spacial score (nSPS) is 11.1. The third kappa shape index (κ3) is 4.32. The van der Waals surface area contributed by atoms with Crippen molar-refractivity contribution in [3.8, 4) is 0 Å². The highest BCUT2D eigenvalue weighted by Gasteiger charge is 2.02. The number of oxime groups is 1. The summed E-state index contributed by atoms with van der Waals surface area (Å²) in [4.78, 5) is 11.3. The van der Waals surface area contributed by atoms with Gasteiger partial charge in [-0.15, -0.1) is 0 Å². The SMILES string of the molecule is CCCNC(=O)NCc1cccc(C(N)=NO)c1. The highest BCUT2D eigenvalue weighted by Crippen LogP contribution is 2.04. The molecular formula is C12H18N4O2. The highest BCUT2D eigenvalue weighted by molar-refractivity contribution is 5.97. The number of carbonyl (C=O) groups is 1. The van der Waals surface area contributed by atoms with Crippen LogP contribution in [0.25, 0.3) is 0 Å². The quantitative estimate of drug-likeness (QED) is 0.271. The van der Waals surface area contributed by atoms with Gasteiger partial charge in [0, 0.05) is 18.7 Å². The van der Waals surface area contributed by atoms with Crippen molar-refractivity contribution in [3.05, 3.63) is 35.4 Å². The van der Waals surface area contributed by atoms with Gasteiger partial charge in [0.05, 0.1) is 0 Å². The van der Waals surface area contributed by atoms with Gasteiger partial charge < -0.3 is 21.6 Å². The first-order chi connectivity index (χ1) is 8.67. The third-order valence-corrected chi connectivity index (χ3v) is 2.32. The fourth-order valence-corrected chi connectivity index (χ4v) is 1.38. The predicted octanol–water partition coefficient (Wildman–Crippen LogP) is 0.990. The maximum Gasteiger partial charge on any atom is 0.315 e. The maximum atomic E-state index is 11.3. The minimum absolute atomic E-state index is 0.0484. The minimum Gasteiger partial charge on any atom is -0.409 e. The van der Waals surface area contributed by atoms with E-state index in [2.05, 4.69) is 15.8 Å². The van der Waals surface area contributed by atoms with E-state index in [1.54, 1.807) is 18.2 Å². The maximum absolute atomic E-state index is 11.3. The molecule has 0 heterocycles. The first-order valence-electron chi connectivity index (χ1n) is 5.76. The number of carbonyl (C=O) groups excluding carboxylic acids is 1. The fourth-order valence-electron chi connectivity index (χ4n) is 1.38. The molecule has 0 saturated heterocycles. The Labute approximate surface area is 106 Å². The number of hydrogen-bond donors (Lipinski definition) is 4. The number of amidine groups is 1. The molecule has 0 aromatic heterocycles. The molecule has 2 amide bonds. The van der Waals surface area contributed by atoms with Gasteiger partial charge >= 0.3 is 6.03 Å². The molecule has 0 fully saturated rings. The van der Waals surface area contributed by atoms with Gasteiger partial charge in [-0.05, 0) is 18.1 Å². The number of nitrogens with one attached hydrogen (secondary N) is 2. The van der Waals surface area contributed by atoms with Crippen molar-refractivity contribution < 1.29 is 10.0 Å². The molecule has 0 spiro atoms. The van der Waals surface area contributed by atoms with E-state index in [4.69, 9.17) is 10.9 Å². The Morgan fingerprint density at radius 3 is 2.89 bits per heavy atom. The Hall–Kier alpha value is -2.24. The smallest absolute Gasteiger partial charge is 0.315 e. The van der Waals surface area contributed by atoms with Gasteiger partial charge in [0.25, 0.3) is 0 Å². The molecular weight excluding hydrogens is 232 g/mol. The fraction of sp³-hybridized carbons (Fsp3) is 0.333. The molecule has 0 aliphatic heterocycles. The zero-order valence-electron chi connectivity index (χ0n) is 10.3. The molecule has 0 saturated carbocycles. The van der Waals surface area contributed by atoms with Gasteiger partial charge in [0.15, 0.2) is 5.84 Å². The number of hydrogen-bond acceptors (Lipinski definition) is 3. The predicted molar refractivity (Wildman–Crippen MR) is 69.5 cm³/mol. The molecule has 0 bridgehead atoms. The van der Waals surface area contributed by atoms with E-state index in [-0.39, 0.29) is 11.9 Å². The summed E-state index contributed by atoms with van der Waals surface area (Å²) in [6.07, 6.45) is 0.895. The van der Waals surface area contributed by atoms with E-state index in [9.17, 15) is 4.79 Å². The Balaban J connectivity index is 2.55. The lowest BCUT2D eigenvalue weighted by atomic mass is 10.1. The van der Waals surface area contributed by atoms with Crippen molar-refractivity contribution in [2.75, 3.05) is 6.54 Å². The molecule has 98 valence electrons. The monoisotopic (exact) mass is 250 g/mol. The topological polar surface area (TPSA) is 99.7 Å². The van der Waals surface area contributed by atoms with Crippen LogP contribution in [0.5, 0.6) is 0 Å². The number of urea groups is 1. The Morgan fingerprint density at radius 2 is 2.22 bits per heavy atom. The molecule has 1 aromatic rings. The largest absolute Gasteiger partial charge is 0.409 e. The van der Waals surface area contributed by atoms with Crippen LogP contribution in [-0.4, -0.2) is 23.6 Å². The standard InChI is InChI=1S/C12H18N4O2/c1-2-6-14-12(17)15-8-9-4-3-5-10(7-9)11(13)16-18/h3-5,7,18H,2,6,8H2,1H3,(H2,13,16)(H2,14,15,17). The summed E-state index contributed by atoms with van der Waals surface area (Å²) < 4.78 is 0. The average molecular weight is 250 g/mol. The molecule has 6 heteroatoms. The first kappa shape index (κ1) is 13.8. The van der Waals surface area contributed by atoms with E-state index in [1.165, 1.54) is 0 Å². The van der Waals surface area contributed by atoms with Gasteiger partial charge in [0.2, 0.25) is 0 Å². The van der Waals surface area contributed by atoms with Crippen LogP contribution >= 0.6 is 0 Å². The van der Waals surface area contributed by atoms with Crippen LogP contribution in [0.1, 0.15) is 24.5 Å². The summed E-state index contributed by atoms with van der Waals surface area (Å²) in [6.45, 7) is 3.03. The van der Waals surface area contributed by atoms with E-state index in [0.717, 1.165) is 12.0 Å². The van der Waals surface area contributed by atoms with Crippen molar-refractivity contribution in [1.29, 1.82) is 0 Å². The molecule has 1 aromatic carbocycles. The second-order valence-corrected chi connectivity index (χ2v) is 3.80. The summed E-state index contributed by atoms with van der Waals surface area (Å²) in [5.74, 6) is 0.0484. The minimum atomic E-state index is -0.203. The van der Waals surface area contributed by atoms with Crippen LogP contribution < -0.4 is 16.4 Å². The molecule has 5 N–H and O–H groups in total. The van der Waals surface area contributed by atoms with Crippen LogP contribution in [0, 0.1) is 0 Å². The Bertz CT molecular complexity index is 432. The zero-order chi connectivity index (χ0) is 13.4. The molecule has 0 radical (unpaired) electrons. The number of rotatable bonds is 5. The summed E-state index contributed by atoms with van der Waals surface area (Å²) in [5.41, 5.74) is 6.98.